The van der Waals surface area contributed by atoms with E-state index in [4.69, 9.17) is 4.74 Å². The average molecular weight is 179 g/mol. The summed E-state index contributed by atoms with van der Waals surface area (Å²) in [6.07, 6.45) is -0.555. The number of phenolic OH excluding ortho intramolecular Hbond substituents is 1. The van der Waals surface area contributed by atoms with E-state index in [-0.39, 0.29) is 11.7 Å². The lowest BCUT2D eigenvalue weighted by Crippen LogP contribution is -2.34. The number of fused-ring (bicyclic) bond motifs is 1. The highest BCUT2D eigenvalue weighted by atomic mass is 16.5. The number of hydrogen-bond acceptors (Lipinski definition) is 3. The standard InChI is InChI=1S/C9H9NO3/c1-5-9(12)10-6-3-2-4-7(11)8(6)13-5/h2-5,11H,1H3,(H,10,12). The zero-order chi connectivity index (χ0) is 9.42. The molecule has 1 aromatic carbocycles. The van der Waals surface area contributed by atoms with Gasteiger partial charge in [0.2, 0.25) is 0 Å². The number of ether oxygens (including phenoxy) is 1. The van der Waals surface area contributed by atoms with Crippen molar-refractivity contribution in [2.45, 2.75) is 13.0 Å². The molecule has 4 heteroatoms. The summed E-state index contributed by atoms with van der Waals surface area (Å²) in [5.74, 6) is 0.192. The van der Waals surface area contributed by atoms with Crippen LogP contribution in [0.3, 0.4) is 0 Å². The Bertz CT molecular complexity index is 362. The van der Waals surface area contributed by atoms with Crippen molar-refractivity contribution in [2.24, 2.45) is 0 Å². The van der Waals surface area contributed by atoms with Crippen molar-refractivity contribution in [1.82, 2.24) is 0 Å². The molecule has 0 fully saturated rings. The van der Waals surface area contributed by atoms with Gasteiger partial charge >= 0.3 is 0 Å². The molecule has 0 aliphatic carbocycles. The van der Waals surface area contributed by atoms with Crippen LogP contribution in [-0.2, 0) is 4.79 Å². The summed E-state index contributed by atoms with van der Waals surface area (Å²) in [6, 6.07) is 4.84. The van der Waals surface area contributed by atoms with Crippen molar-refractivity contribution in [1.29, 1.82) is 0 Å². The molecule has 13 heavy (non-hydrogen) atoms. The van der Waals surface area contributed by atoms with Crippen molar-refractivity contribution < 1.29 is 14.6 Å². The summed E-state index contributed by atoms with van der Waals surface area (Å²) in [7, 11) is 0. The van der Waals surface area contributed by atoms with Gasteiger partial charge in [-0.05, 0) is 19.1 Å². The molecule has 2 rings (SSSR count). The van der Waals surface area contributed by atoms with Gasteiger partial charge in [0.1, 0.15) is 0 Å². The SMILES string of the molecule is CC1Oc2c(O)cccc2NC1=O. The number of para-hydroxylation sites is 1. The van der Waals surface area contributed by atoms with Crippen LogP contribution in [0.5, 0.6) is 11.5 Å². The topological polar surface area (TPSA) is 58.6 Å². The van der Waals surface area contributed by atoms with Crippen LogP contribution in [0.25, 0.3) is 0 Å². The molecule has 1 aliphatic rings. The second-order valence-corrected chi connectivity index (χ2v) is 2.90. The lowest BCUT2D eigenvalue weighted by molar-refractivity contribution is -0.122. The van der Waals surface area contributed by atoms with Gasteiger partial charge < -0.3 is 15.2 Å². The van der Waals surface area contributed by atoms with Gasteiger partial charge in [0.05, 0.1) is 5.69 Å². The first kappa shape index (κ1) is 7.91. The number of amides is 1. The molecule has 1 amide bonds. The van der Waals surface area contributed by atoms with Gasteiger partial charge in [-0.2, -0.15) is 0 Å². The van der Waals surface area contributed by atoms with Gasteiger partial charge in [0.15, 0.2) is 17.6 Å². The van der Waals surface area contributed by atoms with Gasteiger partial charge in [0, 0.05) is 0 Å². The first-order valence-electron chi connectivity index (χ1n) is 3.98. The van der Waals surface area contributed by atoms with Crippen LogP contribution in [0.1, 0.15) is 6.92 Å². The molecule has 2 N–H and O–H groups in total. The van der Waals surface area contributed by atoms with Crippen LogP contribution in [0.4, 0.5) is 5.69 Å². The number of anilines is 1. The summed E-state index contributed by atoms with van der Waals surface area (Å²) in [5, 5.41) is 12.0. The molecule has 1 heterocycles. The molecule has 0 spiro atoms. The molecule has 1 atom stereocenters. The van der Waals surface area contributed by atoms with Crippen LogP contribution in [0, 0.1) is 0 Å². The van der Waals surface area contributed by atoms with E-state index < -0.39 is 6.10 Å². The van der Waals surface area contributed by atoms with E-state index in [1.807, 2.05) is 0 Å². The number of carbonyl (C=O) groups is 1. The van der Waals surface area contributed by atoms with E-state index in [2.05, 4.69) is 5.32 Å². The number of carbonyl (C=O) groups excluding carboxylic acids is 1. The van der Waals surface area contributed by atoms with Crippen molar-refractivity contribution in [3.63, 3.8) is 0 Å². The maximum absolute atomic E-state index is 11.2. The van der Waals surface area contributed by atoms with Crippen LogP contribution in [0.2, 0.25) is 0 Å². The van der Waals surface area contributed by atoms with Crippen molar-refractivity contribution in [3.05, 3.63) is 18.2 Å². The maximum atomic E-state index is 11.2. The fraction of sp³-hybridized carbons (Fsp3) is 0.222. The third kappa shape index (κ3) is 1.20. The van der Waals surface area contributed by atoms with E-state index in [1.165, 1.54) is 6.07 Å². The summed E-state index contributed by atoms with van der Waals surface area (Å²) >= 11 is 0. The van der Waals surface area contributed by atoms with E-state index in [0.29, 0.717) is 11.4 Å². The predicted molar refractivity (Wildman–Crippen MR) is 46.8 cm³/mol. The molecule has 1 aliphatic heterocycles. The Labute approximate surface area is 75.1 Å². The van der Waals surface area contributed by atoms with Gasteiger partial charge in [-0.25, -0.2) is 0 Å². The number of rotatable bonds is 0. The quantitative estimate of drug-likeness (QED) is 0.627. The Morgan fingerprint density at radius 1 is 1.54 bits per heavy atom. The molecular formula is C9H9NO3. The lowest BCUT2D eigenvalue weighted by atomic mass is 10.2. The van der Waals surface area contributed by atoms with E-state index >= 15 is 0 Å². The summed E-state index contributed by atoms with van der Waals surface area (Å²) in [5.41, 5.74) is 0.517. The fourth-order valence-electron chi connectivity index (χ4n) is 1.21. The highest BCUT2D eigenvalue weighted by Crippen LogP contribution is 2.37. The highest BCUT2D eigenvalue weighted by Gasteiger charge is 2.25. The number of nitrogens with one attached hydrogen (secondary N) is 1. The molecule has 0 radical (unpaired) electrons. The summed E-state index contributed by atoms with van der Waals surface area (Å²) in [4.78, 5) is 11.2. The number of hydrogen-bond donors (Lipinski definition) is 2. The molecule has 1 aromatic rings. The van der Waals surface area contributed by atoms with Crippen LogP contribution >= 0.6 is 0 Å². The lowest BCUT2D eigenvalue weighted by Gasteiger charge is -2.23. The Hall–Kier alpha value is -1.71. The van der Waals surface area contributed by atoms with Gasteiger partial charge in [-0.3, -0.25) is 4.79 Å². The van der Waals surface area contributed by atoms with Gasteiger partial charge in [-0.15, -0.1) is 0 Å². The minimum atomic E-state index is -0.555. The molecule has 0 aromatic heterocycles. The molecule has 0 saturated carbocycles. The minimum Gasteiger partial charge on any atom is -0.504 e. The maximum Gasteiger partial charge on any atom is 0.265 e. The van der Waals surface area contributed by atoms with Crippen LogP contribution < -0.4 is 10.1 Å². The third-order valence-electron chi connectivity index (χ3n) is 1.92. The second kappa shape index (κ2) is 2.65. The second-order valence-electron chi connectivity index (χ2n) is 2.90. The number of benzene rings is 1. The van der Waals surface area contributed by atoms with E-state index in [9.17, 15) is 9.90 Å². The molecule has 1 unspecified atom stereocenters. The first-order valence-corrected chi connectivity index (χ1v) is 3.98. The van der Waals surface area contributed by atoms with E-state index in [1.54, 1.807) is 19.1 Å². The Balaban J connectivity index is 2.48. The molecule has 0 bridgehead atoms. The van der Waals surface area contributed by atoms with E-state index in [0.717, 1.165) is 0 Å². The molecular weight excluding hydrogens is 170 g/mol. The number of aromatic hydroxyl groups is 1. The van der Waals surface area contributed by atoms with Gasteiger partial charge in [0.25, 0.3) is 5.91 Å². The molecule has 68 valence electrons. The summed E-state index contributed by atoms with van der Waals surface area (Å²) in [6.45, 7) is 1.63. The van der Waals surface area contributed by atoms with Crippen LogP contribution in [0.15, 0.2) is 18.2 Å². The molecule has 0 saturated heterocycles. The molecule has 4 nitrogen and oxygen atoms in total. The zero-order valence-electron chi connectivity index (χ0n) is 7.07. The fourth-order valence-corrected chi connectivity index (χ4v) is 1.21. The Kier molecular flexibility index (Phi) is 1.62. The average Bonchev–Trinajstić information content (AvgIpc) is 2.09. The predicted octanol–water partition coefficient (Wildman–Crippen LogP) is 1.11. The van der Waals surface area contributed by atoms with Crippen LogP contribution in [-0.4, -0.2) is 17.1 Å². The van der Waals surface area contributed by atoms with Crippen molar-refractivity contribution in [2.75, 3.05) is 5.32 Å². The third-order valence-corrected chi connectivity index (χ3v) is 1.92. The largest absolute Gasteiger partial charge is 0.504 e. The Morgan fingerprint density at radius 3 is 3.08 bits per heavy atom. The van der Waals surface area contributed by atoms with Crippen molar-refractivity contribution >= 4 is 11.6 Å². The number of phenols is 1. The summed E-state index contributed by atoms with van der Waals surface area (Å²) < 4.78 is 5.21. The highest BCUT2D eigenvalue weighted by molar-refractivity contribution is 5.98. The first-order chi connectivity index (χ1) is 6.18. The monoisotopic (exact) mass is 179 g/mol. The van der Waals surface area contributed by atoms with Gasteiger partial charge in [-0.1, -0.05) is 6.07 Å². The Morgan fingerprint density at radius 2 is 2.31 bits per heavy atom. The van der Waals surface area contributed by atoms with Crippen molar-refractivity contribution in [3.8, 4) is 11.5 Å². The minimum absolute atomic E-state index is 0.0457. The smallest absolute Gasteiger partial charge is 0.265 e. The normalized spacial score (nSPS) is 20.1. The zero-order valence-corrected chi connectivity index (χ0v) is 7.07.